The summed E-state index contributed by atoms with van der Waals surface area (Å²) in [5.41, 5.74) is 1.24. The van der Waals surface area contributed by atoms with Crippen molar-refractivity contribution in [3.05, 3.63) is 102 Å². The van der Waals surface area contributed by atoms with E-state index in [-0.39, 0.29) is 18.1 Å². The average molecular weight is 453 g/mol. The van der Waals surface area contributed by atoms with E-state index in [4.69, 9.17) is 4.74 Å². The Morgan fingerprint density at radius 2 is 1.91 bits per heavy atom. The lowest BCUT2D eigenvalue weighted by Gasteiger charge is -2.10. The highest BCUT2D eigenvalue weighted by atomic mass is 19.4. The van der Waals surface area contributed by atoms with Crippen LogP contribution in [0, 0.1) is 0 Å². The molecule has 1 aromatic carbocycles. The summed E-state index contributed by atoms with van der Waals surface area (Å²) >= 11 is 0. The van der Waals surface area contributed by atoms with Crippen LogP contribution in [0.3, 0.4) is 0 Å². The van der Waals surface area contributed by atoms with Crippen molar-refractivity contribution in [2.45, 2.75) is 19.3 Å². The third kappa shape index (κ3) is 5.94. The van der Waals surface area contributed by atoms with Crippen LogP contribution in [0.4, 0.5) is 18.9 Å². The number of amides is 1. The molecule has 33 heavy (non-hydrogen) atoms. The van der Waals surface area contributed by atoms with Gasteiger partial charge in [0.15, 0.2) is 0 Å². The van der Waals surface area contributed by atoms with Crippen LogP contribution in [0.2, 0.25) is 0 Å². The van der Waals surface area contributed by atoms with Crippen LogP contribution in [-0.2, 0) is 19.3 Å². The Morgan fingerprint density at radius 1 is 1.03 bits per heavy atom. The Bertz CT molecular complexity index is 1240. The zero-order valence-electron chi connectivity index (χ0n) is 17.2. The smallest absolute Gasteiger partial charge is 0.416 e. The number of ether oxygens (including phenoxy) is 1. The predicted molar refractivity (Wildman–Crippen MR) is 114 cm³/mol. The summed E-state index contributed by atoms with van der Waals surface area (Å²) in [6.07, 6.45) is 1.86. The number of anilines is 1. The van der Waals surface area contributed by atoms with E-state index in [0.717, 1.165) is 17.8 Å². The van der Waals surface area contributed by atoms with Gasteiger partial charge in [-0.15, -0.1) is 0 Å². The van der Waals surface area contributed by atoms with Crippen molar-refractivity contribution in [2.24, 2.45) is 0 Å². The number of carbonyl (C=O) groups excluding carboxylic acids is 1. The maximum Gasteiger partial charge on any atom is 0.416 e. The Balaban J connectivity index is 1.37. The molecule has 3 heterocycles. The molecule has 0 aliphatic rings. The number of alkyl halides is 3. The molecule has 4 rings (SSSR count). The zero-order valence-corrected chi connectivity index (χ0v) is 17.2. The first-order chi connectivity index (χ1) is 15.9. The Kier molecular flexibility index (Phi) is 6.34. The van der Waals surface area contributed by atoms with Crippen molar-refractivity contribution in [2.75, 3.05) is 5.32 Å². The van der Waals surface area contributed by atoms with Crippen molar-refractivity contribution in [1.82, 2.24) is 19.7 Å². The van der Waals surface area contributed by atoms with E-state index in [1.54, 1.807) is 23.1 Å². The van der Waals surface area contributed by atoms with E-state index in [2.05, 4.69) is 20.4 Å². The van der Waals surface area contributed by atoms with Crippen molar-refractivity contribution in [3.8, 4) is 5.75 Å². The zero-order chi connectivity index (χ0) is 23.3. The first-order valence-electron chi connectivity index (χ1n) is 9.85. The van der Waals surface area contributed by atoms with Gasteiger partial charge < -0.3 is 10.1 Å². The van der Waals surface area contributed by atoms with E-state index < -0.39 is 17.6 Å². The summed E-state index contributed by atoms with van der Waals surface area (Å²) in [5, 5.41) is 6.92. The van der Waals surface area contributed by atoms with E-state index in [9.17, 15) is 18.0 Å². The summed E-state index contributed by atoms with van der Waals surface area (Å²) in [5.74, 6) is -0.374. The first-order valence-corrected chi connectivity index (χ1v) is 9.85. The highest BCUT2D eigenvalue weighted by molar-refractivity contribution is 6.02. The number of hydrogen-bond donors (Lipinski definition) is 1. The molecule has 168 valence electrons. The van der Waals surface area contributed by atoms with E-state index in [1.807, 2.05) is 18.2 Å². The molecule has 1 amide bonds. The van der Waals surface area contributed by atoms with Crippen LogP contribution in [0.15, 0.2) is 79.4 Å². The van der Waals surface area contributed by atoms with Gasteiger partial charge in [-0.25, -0.2) is 0 Å². The molecule has 0 saturated heterocycles. The monoisotopic (exact) mass is 453 g/mol. The molecule has 0 bridgehead atoms. The van der Waals surface area contributed by atoms with Crippen LogP contribution in [0.25, 0.3) is 0 Å². The van der Waals surface area contributed by atoms with Gasteiger partial charge in [0.2, 0.25) is 0 Å². The van der Waals surface area contributed by atoms with Crippen molar-refractivity contribution in [3.63, 3.8) is 0 Å². The number of nitrogens with one attached hydrogen (secondary N) is 1. The fourth-order valence-electron chi connectivity index (χ4n) is 2.98. The van der Waals surface area contributed by atoms with Gasteiger partial charge in [0.25, 0.3) is 5.91 Å². The molecule has 0 spiro atoms. The topological polar surface area (TPSA) is 81.9 Å². The standard InChI is InChI=1S/C23H18F3N5O2/c24-23(25,26)17-4-3-6-20(11-17)33-15-16-7-9-28-21(10-16)22(32)30-19-12-29-31(14-19)13-18-5-1-2-8-27-18/h1-12,14H,13,15H2,(H,30,32). The van der Waals surface area contributed by atoms with Crippen molar-refractivity contribution < 1.29 is 22.7 Å². The number of hydrogen-bond acceptors (Lipinski definition) is 5. The number of carbonyl (C=O) groups is 1. The molecule has 4 aromatic rings. The van der Waals surface area contributed by atoms with Gasteiger partial charge in [-0.1, -0.05) is 12.1 Å². The molecule has 0 aliphatic heterocycles. The van der Waals surface area contributed by atoms with Crippen LogP contribution in [0.5, 0.6) is 5.75 Å². The average Bonchev–Trinajstić information content (AvgIpc) is 3.25. The Labute approximate surface area is 186 Å². The second-order valence-electron chi connectivity index (χ2n) is 7.07. The third-order valence-electron chi connectivity index (χ3n) is 4.57. The lowest BCUT2D eigenvalue weighted by molar-refractivity contribution is -0.137. The summed E-state index contributed by atoms with van der Waals surface area (Å²) in [6.45, 7) is 0.434. The molecule has 10 heteroatoms. The fraction of sp³-hybridized carbons (Fsp3) is 0.130. The molecule has 0 fully saturated rings. The Hall–Kier alpha value is -4.21. The molecule has 0 radical (unpaired) electrons. The molecule has 7 nitrogen and oxygen atoms in total. The maximum atomic E-state index is 12.8. The fourth-order valence-corrected chi connectivity index (χ4v) is 2.98. The van der Waals surface area contributed by atoms with Crippen LogP contribution >= 0.6 is 0 Å². The van der Waals surface area contributed by atoms with Gasteiger partial charge in [0.1, 0.15) is 18.1 Å². The van der Waals surface area contributed by atoms with Gasteiger partial charge in [0.05, 0.1) is 29.7 Å². The quantitative estimate of drug-likeness (QED) is 0.443. The molecular weight excluding hydrogens is 435 g/mol. The minimum absolute atomic E-state index is 0.0217. The predicted octanol–water partition coefficient (Wildman–Crippen LogP) is 4.57. The summed E-state index contributed by atoms with van der Waals surface area (Å²) in [7, 11) is 0. The first kappa shape index (κ1) is 22.0. The molecule has 0 atom stereocenters. The van der Waals surface area contributed by atoms with Gasteiger partial charge in [0, 0.05) is 18.6 Å². The largest absolute Gasteiger partial charge is 0.489 e. The minimum atomic E-state index is -4.45. The number of rotatable bonds is 7. The lowest BCUT2D eigenvalue weighted by Crippen LogP contribution is -2.14. The minimum Gasteiger partial charge on any atom is -0.489 e. The van der Waals surface area contributed by atoms with E-state index in [1.165, 1.54) is 30.6 Å². The Morgan fingerprint density at radius 3 is 2.70 bits per heavy atom. The SMILES string of the molecule is O=C(Nc1cnn(Cc2ccccn2)c1)c1cc(COc2cccc(C(F)(F)F)c2)ccn1. The molecular formula is C23H18F3N5O2. The van der Waals surface area contributed by atoms with E-state index in [0.29, 0.717) is 17.8 Å². The number of nitrogens with zero attached hydrogens (tertiary/aromatic N) is 4. The van der Waals surface area contributed by atoms with Crippen molar-refractivity contribution in [1.29, 1.82) is 0 Å². The van der Waals surface area contributed by atoms with Gasteiger partial charge >= 0.3 is 6.18 Å². The molecule has 3 aromatic heterocycles. The third-order valence-corrected chi connectivity index (χ3v) is 4.57. The normalized spacial score (nSPS) is 11.2. The van der Waals surface area contributed by atoms with E-state index >= 15 is 0 Å². The molecule has 0 aliphatic carbocycles. The van der Waals surface area contributed by atoms with Gasteiger partial charge in [-0.2, -0.15) is 18.3 Å². The second-order valence-corrected chi connectivity index (χ2v) is 7.07. The number of halogens is 3. The van der Waals surface area contributed by atoms with Gasteiger partial charge in [-0.05, 0) is 48.0 Å². The van der Waals surface area contributed by atoms with Crippen LogP contribution < -0.4 is 10.1 Å². The summed E-state index contributed by atoms with van der Waals surface area (Å²) in [6, 6.07) is 13.3. The lowest BCUT2D eigenvalue weighted by atomic mass is 10.2. The molecule has 0 unspecified atom stereocenters. The number of pyridine rings is 2. The maximum absolute atomic E-state index is 12.8. The number of aromatic nitrogens is 4. The van der Waals surface area contributed by atoms with Crippen LogP contribution in [-0.4, -0.2) is 25.7 Å². The highest BCUT2D eigenvalue weighted by Crippen LogP contribution is 2.31. The van der Waals surface area contributed by atoms with Crippen LogP contribution in [0.1, 0.15) is 27.3 Å². The molecule has 0 saturated carbocycles. The molecule has 1 N–H and O–H groups in total. The number of benzene rings is 1. The highest BCUT2D eigenvalue weighted by Gasteiger charge is 2.30. The summed E-state index contributed by atoms with van der Waals surface area (Å²) < 4.78 is 45.6. The summed E-state index contributed by atoms with van der Waals surface area (Å²) in [4.78, 5) is 20.9. The van der Waals surface area contributed by atoms with Gasteiger partial charge in [-0.3, -0.25) is 19.4 Å². The second kappa shape index (κ2) is 9.51. The van der Waals surface area contributed by atoms with Crippen molar-refractivity contribution >= 4 is 11.6 Å².